The minimum atomic E-state index is -2.81. The Morgan fingerprint density at radius 2 is 1.77 bits per heavy atom. The summed E-state index contributed by atoms with van der Waals surface area (Å²) in [6.45, 7) is 10.4. The van der Waals surface area contributed by atoms with Crippen LogP contribution in [-0.4, -0.2) is 92.3 Å². The van der Waals surface area contributed by atoms with E-state index in [-0.39, 0.29) is 34.0 Å². The maximum absolute atomic E-state index is 15.3. The van der Waals surface area contributed by atoms with Crippen molar-refractivity contribution in [3.63, 3.8) is 0 Å². The van der Waals surface area contributed by atoms with Gasteiger partial charge in [-0.15, -0.1) is 0 Å². The van der Waals surface area contributed by atoms with Crippen molar-refractivity contribution in [3.05, 3.63) is 59.2 Å². The lowest BCUT2D eigenvalue weighted by Crippen LogP contribution is -2.58. The summed E-state index contributed by atoms with van der Waals surface area (Å²) in [5.41, 5.74) is 0.319. The van der Waals surface area contributed by atoms with Crippen LogP contribution >= 0.6 is 0 Å². The number of amides is 3. The third-order valence-electron chi connectivity index (χ3n) is 8.69. The number of ether oxygens (including phenoxy) is 1. The molecule has 47 heavy (non-hydrogen) atoms. The molecule has 0 N–H and O–H groups in total. The molecule has 0 bridgehead atoms. The molecular formula is C34H41F4N5O4. The van der Waals surface area contributed by atoms with Gasteiger partial charge in [-0.3, -0.25) is 14.5 Å². The molecule has 0 unspecified atom stereocenters. The molecule has 2 saturated heterocycles. The van der Waals surface area contributed by atoms with Crippen LogP contribution in [0.25, 0.3) is 16.6 Å². The molecule has 2 aliphatic rings. The highest BCUT2D eigenvalue weighted by molar-refractivity contribution is 6.03. The normalized spacial score (nSPS) is 17.4. The minimum Gasteiger partial charge on any atom is -0.444 e. The number of hydrogen-bond acceptors (Lipinski definition) is 5. The van der Waals surface area contributed by atoms with Gasteiger partial charge in [-0.05, 0) is 90.1 Å². The number of hydrogen-bond donors (Lipinski definition) is 0. The quantitative estimate of drug-likeness (QED) is 0.274. The number of carbonyl (C=O) groups excluding carboxylic acids is 3. The van der Waals surface area contributed by atoms with Crippen molar-refractivity contribution in [2.45, 2.75) is 90.8 Å². The molecule has 1 atom stereocenters. The van der Waals surface area contributed by atoms with E-state index in [0.29, 0.717) is 31.9 Å². The van der Waals surface area contributed by atoms with Crippen LogP contribution < -0.4 is 0 Å². The summed E-state index contributed by atoms with van der Waals surface area (Å²) in [6.07, 6.45) is 0.519. The molecule has 0 saturated carbocycles. The molecule has 2 aromatic heterocycles. The van der Waals surface area contributed by atoms with Crippen LogP contribution in [0.4, 0.5) is 22.4 Å². The Labute approximate surface area is 271 Å². The Kier molecular flexibility index (Phi) is 9.57. The zero-order valence-electron chi connectivity index (χ0n) is 27.5. The van der Waals surface area contributed by atoms with Gasteiger partial charge in [0.25, 0.3) is 12.3 Å². The van der Waals surface area contributed by atoms with E-state index in [1.807, 2.05) is 0 Å². The molecule has 5 rings (SSSR count). The average Bonchev–Trinajstić information content (AvgIpc) is 3.26. The molecule has 13 heteroatoms. The molecule has 3 aromatic rings. The van der Waals surface area contributed by atoms with Gasteiger partial charge in [-0.1, -0.05) is 6.07 Å². The van der Waals surface area contributed by atoms with E-state index in [1.54, 1.807) is 63.1 Å². The van der Waals surface area contributed by atoms with E-state index in [4.69, 9.17) is 4.74 Å². The van der Waals surface area contributed by atoms with Gasteiger partial charge in [0.15, 0.2) is 0 Å². The maximum atomic E-state index is 15.3. The molecule has 0 radical (unpaired) electrons. The van der Waals surface area contributed by atoms with Crippen molar-refractivity contribution in [2.75, 3.05) is 26.2 Å². The molecule has 4 heterocycles. The van der Waals surface area contributed by atoms with Crippen LogP contribution in [0.3, 0.4) is 0 Å². The lowest BCUT2D eigenvalue weighted by molar-refractivity contribution is -0.142. The molecule has 2 aliphatic heterocycles. The molecule has 0 spiro atoms. The third-order valence-corrected chi connectivity index (χ3v) is 8.69. The number of rotatable bonds is 7. The van der Waals surface area contributed by atoms with Crippen LogP contribution in [0.2, 0.25) is 0 Å². The van der Waals surface area contributed by atoms with E-state index >= 15 is 4.39 Å². The van der Waals surface area contributed by atoms with Crippen molar-refractivity contribution in [2.24, 2.45) is 0 Å². The van der Waals surface area contributed by atoms with E-state index in [0.717, 1.165) is 35.4 Å². The molecule has 0 aliphatic carbocycles. The molecular weight excluding hydrogens is 618 g/mol. The topological polar surface area (TPSA) is 87.5 Å². The highest BCUT2D eigenvalue weighted by Crippen LogP contribution is 2.37. The summed E-state index contributed by atoms with van der Waals surface area (Å²) in [7, 11) is 0. The summed E-state index contributed by atoms with van der Waals surface area (Å²) in [5.74, 6) is -2.36. The number of fused-ring (bicyclic) bond motifs is 1. The van der Waals surface area contributed by atoms with Gasteiger partial charge in [0.05, 0.1) is 12.1 Å². The SMILES string of the molecule is Cc1nc(F)c2c(-c3ccc(F)cc3C(=O)N(CC(F)F)C(C)C)cc(C3CN(C(=O)[C@@H]4CCCCN4C(=O)OC(C)(C)C)C3)cn12. The molecule has 254 valence electrons. The number of carbonyl (C=O) groups is 3. The highest BCUT2D eigenvalue weighted by atomic mass is 19.3. The van der Waals surface area contributed by atoms with Crippen molar-refractivity contribution < 1.29 is 36.7 Å². The van der Waals surface area contributed by atoms with Gasteiger partial charge in [0, 0.05) is 43.4 Å². The second-order valence-electron chi connectivity index (χ2n) is 13.6. The smallest absolute Gasteiger partial charge is 0.410 e. The lowest BCUT2D eigenvalue weighted by Gasteiger charge is -2.44. The number of benzene rings is 1. The van der Waals surface area contributed by atoms with Crippen molar-refractivity contribution in [3.8, 4) is 11.1 Å². The monoisotopic (exact) mass is 659 g/mol. The van der Waals surface area contributed by atoms with Gasteiger partial charge >= 0.3 is 6.09 Å². The highest BCUT2D eigenvalue weighted by Gasteiger charge is 2.41. The first kappa shape index (κ1) is 34.2. The van der Waals surface area contributed by atoms with Gasteiger partial charge in [0.2, 0.25) is 11.9 Å². The summed E-state index contributed by atoms with van der Waals surface area (Å²) >= 11 is 0. The Morgan fingerprint density at radius 1 is 1.06 bits per heavy atom. The van der Waals surface area contributed by atoms with E-state index in [1.165, 1.54) is 11.0 Å². The Bertz CT molecular complexity index is 1680. The van der Waals surface area contributed by atoms with Crippen molar-refractivity contribution in [1.82, 2.24) is 24.1 Å². The van der Waals surface area contributed by atoms with Crippen LogP contribution in [-0.2, 0) is 9.53 Å². The van der Waals surface area contributed by atoms with Crippen molar-refractivity contribution in [1.29, 1.82) is 0 Å². The zero-order chi connectivity index (χ0) is 34.4. The number of pyridine rings is 1. The van der Waals surface area contributed by atoms with Gasteiger partial charge in [-0.2, -0.15) is 4.39 Å². The number of alkyl halides is 2. The molecule has 1 aromatic carbocycles. The number of nitrogens with zero attached hydrogens (tertiary/aromatic N) is 5. The number of piperidine rings is 1. The van der Waals surface area contributed by atoms with E-state index in [9.17, 15) is 27.6 Å². The van der Waals surface area contributed by atoms with Crippen LogP contribution in [0, 0.1) is 18.7 Å². The summed E-state index contributed by atoms with van der Waals surface area (Å²) in [5, 5.41) is 0. The van der Waals surface area contributed by atoms with Crippen LogP contribution in [0.5, 0.6) is 0 Å². The average molecular weight is 660 g/mol. The summed E-state index contributed by atoms with van der Waals surface area (Å²) < 4.78 is 63.9. The number of aromatic nitrogens is 2. The first-order valence-electron chi connectivity index (χ1n) is 15.9. The molecule has 9 nitrogen and oxygen atoms in total. The first-order valence-corrected chi connectivity index (χ1v) is 15.9. The Hall–Kier alpha value is -4.16. The number of likely N-dealkylation sites (tertiary alicyclic amines) is 2. The van der Waals surface area contributed by atoms with Gasteiger partial charge < -0.3 is 18.9 Å². The fourth-order valence-corrected chi connectivity index (χ4v) is 6.33. The van der Waals surface area contributed by atoms with Crippen LogP contribution in [0.1, 0.15) is 81.5 Å². The lowest BCUT2D eigenvalue weighted by atomic mass is 9.88. The van der Waals surface area contributed by atoms with Crippen LogP contribution in [0.15, 0.2) is 30.5 Å². The van der Waals surface area contributed by atoms with Gasteiger partial charge in [0.1, 0.15) is 28.8 Å². The Morgan fingerprint density at radius 3 is 2.40 bits per heavy atom. The predicted molar refractivity (Wildman–Crippen MR) is 167 cm³/mol. The largest absolute Gasteiger partial charge is 0.444 e. The molecule has 2 fully saturated rings. The second kappa shape index (κ2) is 13.2. The second-order valence-corrected chi connectivity index (χ2v) is 13.6. The predicted octanol–water partition coefficient (Wildman–Crippen LogP) is 6.42. The van der Waals surface area contributed by atoms with E-state index in [2.05, 4.69) is 4.98 Å². The summed E-state index contributed by atoms with van der Waals surface area (Å²) in [4.78, 5) is 48.3. The standard InChI is InChI=1S/C34H41F4N5O4/c1-19(2)42(18-28(36)37)31(44)26-14-23(35)10-11-24(26)25-13-21(17-43-20(3)39-30(38)29(25)43)22-15-40(16-22)32(45)27-9-7-8-12-41(27)33(46)47-34(4,5)6/h10-11,13-14,17,19,22,27-28H,7-9,12,15-16,18H2,1-6H3/t27-/m0/s1. The molecule has 3 amide bonds. The van der Waals surface area contributed by atoms with Crippen molar-refractivity contribution >= 4 is 23.4 Å². The third kappa shape index (κ3) is 7.08. The first-order chi connectivity index (χ1) is 22.1. The van der Waals surface area contributed by atoms with Gasteiger partial charge in [-0.25, -0.2) is 22.9 Å². The number of aryl methyl sites for hydroxylation is 1. The summed E-state index contributed by atoms with van der Waals surface area (Å²) in [6, 6.07) is 3.90. The number of halogens is 4. The van der Waals surface area contributed by atoms with E-state index < -0.39 is 54.4 Å². The number of imidazole rings is 1. The fourth-order valence-electron chi connectivity index (χ4n) is 6.33. The Balaban J connectivity index is 1.47. The minimum absolute atomic E-state index is 0.0549. The zero-order valence-corrected chi connectivity index (χ0v) is 27.5. The fraction of sp³-hybridized carbons (Fsp3) is 0.529. The maximum Gasteiger partial charge on any atom is 0.410 e.